The summed E-state index contributed by atoms with van der Waals surface area (Å²) >= 11 is 0. The number of hydrogen-bond donors (Lipinski definition) is 4. The lowest BCUT2D eigenvalue weighted by Gasteiger charge is -2.19. The standard InChI is InChI=1S/C22H28FN7O/c1-4-26-22(30-6-5-15(11-30)13-31)9-20(24)14(2)17-7-18(16-10-27-29(3)12-16)19(23)8-21(17)28-25/h4,7-10,12,15,28,31H,1-2,5-6,11,13,24-25H2,3H3/b20-9-,26-22?/t15-/m0/s1. The first-order chi connectivity index (χ1) is 14.9. The molecular weight excluding hydrogens is 397 g/mol. The number of nitrogens with one attached hydrogen (secondary N) is 1. The molecule has 1 atom stereocenters. The normalized spacial score (nSPS) is 17.2. The minimum atomic E-state index is -0.443. The molecule has 0 bridgehead atoms. The number of rotatable bonds is 7. The number of anilines is 1. The van der Waals surface area contributed by atoms with E-state index in [1.54, 1.807) is 36.3 Å². The predicted molar refractivity (Wildman–Crippen MR) is 122 cm³/mol. The zero-order chi connectivity index (χ0) is 22.5. The Bertz CT molecular complexity index is 1040. The number of likely N-dealkylation sites (tertiary alicyclic amines) is 1. The fraction of sp³-hybridized carbons (Fsp3) is 0.273. The number of nitrogen functional groups attached to an aromatic ring is 1. The summed E-state index contributed by atoms with van der Waals surface area (Å²) in [5.74, 6) is 6.00. The van der Waals surface area contributed by atoms with Gasteiger partial charge in [0.2, 0.25) is 0 Å². The Morgan fingerprint density at radius 3 is 2.84 bits per heavy atom. The van der Waals surface area contributed by atoms with Crippen LogP contribution < -0.4 is 17.0 Å². The molecule has 1 aromatic carbocycles. The van der Waals surface area contributed by atoms with Crippen molar-refractivity contribution >= 4 is 17.1 Å². The van der Waals surface area contributed by atoms with Gasteiger partial charge >= 0.3 is 0 Å². The van der Waals surface area contributed by atoms with Crippen LogP contribution in [0.25, 0.3) is 16.7 Å². The van der Waals surface area contributed by atoms with Gasteiger partial charge in [0.1, 0.15) is 11.7 Å². The molecule has 1 aliphatic rings. The van der Waals surface area contributed by atoms with E-state index in [9.17, 15) is 9.50 Å². The van der Waals surface area contributed by atoms with Gasteiger partial charge in [0.05, 0.1) is 11.9 Å². The molecule has 0 radical (unpaired) electrons. The van der Waals surface area contributed by atoms with Gasteiger partial charge < -0.3 is 21.2 Å². The monoisotopic (exact) mass is 425 g/mol. The first-order valence-electron chi connectivity index (χ1n) is 9.88. The molecule has 8 nitrogen and oxygen atoms in total. The van der Waals surface area contributed by atoms with Gasteiger partial charge in [0, 0.05) is 73.5 Å². The Labute approximate surface area is 181 Å². The van der Waals surface area contributed by atoms with Crippen LogP contribution in [0.3, 0.4) is 0 Å². The highest BCUT2D eigenvalue weighted by molar-refractivity contribution is 5.98. The summed E-state index contributed by atoms with van der Waals surface area (Å²) in [6, 6.07) is 2.95. The number of halogens is 1. The average Bonchev–Trinajstić information content (AvgIpc) is 3.41. The molecule has 1 aromatic heterocycles. The molecule has 164 valence electrons. The Hall–Kier alpha value is -3.43. The SMILES string of the molecule is C=CN=C(/C=C(\N)C(=C)c1cc(-c2cnn(C)c2)c(F)cc1NN)N1CC[C@H](CO)C1. The fourth-order valence-electron chi connectivity index (χ4n) is 3.60. The smallest absolute Gasteiger partial charge is 0.133 e. The van der Waals surface area contributed by atoms with Crippen LogP contribution in [0.5, 0.6) is 0 Å². The summed E-state index contributed by atoms with van der Waals surface area (Å²) in [6.45, 7) is 9.34. The first kappa shape index (κ1) is 22.3. The van der Waals surface area contributed by atoms with Crippen LogP contribution in [0.15, 0.2) is 60.6 Å². The van der Waals surface area contributed by atoms with Crippen molar-refractivity contribution in [2.75, 3.05) is 25.1 Å². The number of aliphatic imine (C=N–C) groups is 1. The van der Waals surface area contributed by atoms with Gasteiger partial charge in [-0.2, -0.15) is 5.10 Å². The lowest BCUT2D eigenvalue weighted by Crippen LogP contribution is -2.28. The van der Waals surface area contributed by atoms with Crippen molar-refractivity contribution in [1.29, 1.82) is 0 Å². The summed E-state index contributed by atoms with van der Waals surface area (Å²) in [5.41, 5.74) is 11.6. The highest BCUT2D eigenvalue weighted by atomic mass is 19.1. The number of nitrogens with two attached hydrogens (primary N) is 2. The van der Waals surface area contributed by atoms with E-state index >= 15 is 0 Å². The van der Waals surface area contributed by atoms with Gasteiger partial charge in [0.25, 0.3) is 0 Å². The molecule has 0 aliphatic carbocycles. The number of allylic oxidation sites excluding steroid dienone is 1. The molecule has 3 rings (SSSR count). The van der Waals surface area contributed by atoms with Crippen molar-refractivity contribution in [1.82, 2.24) is 14.7 Å². The second-order valence-electron chi connectivity index (χ2n) is 7.46. The fourth-order valence-corrected chi connectivity index (χ4v) is 3.60. The van der Waals surface area contributed by atoms with Gasteiger partial charge in [-0.25, -0.2) is 9.38 Å². The number of aromatic nitrogens is 2. The number of aliphatic hydroxyl groups excluding tert-OH is 1. The minimum Gasteiger partial charge on any atom is -0.398 e. The van der Waals surface area contributed by atoms with Crippen LogP contribution in [0.1, 0.15) is 12.0 Å². The molecule has 9 heteroatoms. The topological polar surface area (TPSA) is 118 Å². The molecule has 1 aliphatic heterocycles. The largest absolute Gasteiger partial charge is 0.398 e. The quantitative estimate of drug-likeness (QED) is 0.178. The van der Waals surface area contributed by atoms with E-state index in [1.807, 2.05) is 4.90 Å². The second-order valence-corrected chi connectivity index (χ2v) is 7.46. The van der Waals surface area contributed by atoms with Crippen LogP contribution in [0, 0.1) is 11.7 Å². The van der Waals surface area contributed by atoms with Crippen LogP contribution in [0.4, 0.5) is 10.1 Å². The summed E-state index contributed by atoms with van der Waals surface area (Å²) in [4.78, 5) is 6.37. The summed E-state index contributed by atoms with van der Waals surface area (Å²) in [6.07, 6.45) is 7.32. The number of hydrogen-bond acceptors (Lipinski definition) is 6. The lowest BCUT2D eigenvalue weighted by atomic mass is 9.97. The summed E-state index contributed by atoms with van der Waals surface area (Å²) in [5, 5.41) is 13.5. The highest BCUT2D eigenvalue weighted by Gasteiger charge is 2.24. The third-order valence-corrected chi connectivity index (χ3v) is 5.33. The van der Waals surface area contributed by atoms with Gasteiger partial charge in [0.15, 0.2) is 0 Å². The number of aryl methyl sites for hydroxylation is 1. The van der Waals surface area contributed by atoms with Crippen molar-refractivity contribution in [3.05, 3.63) is 67.0 Å². The molecule has 1 saturated heterocycles. The highest BCUT2D eigenvalue weighted by Crippen LogP contribution is 2.33. The number of aliphatic hydroxyl groups is 1. The molecule has 0 saturated carbocycles. The van der Waals surface area contributed by atoms with Crippen molar-refractivity contribution in [3.8, 4) is 11.1 Å². The molecule has 0 unspecified atom stereocenters. The predicted octanol–water partition coefficient (Wildman–Crippen LogP) is 2.22. The third kappa shape index (κ3) is 4.84. The van der Waals surface area contributed by atoms with E-state index in [1.165, 1.54) is 12.3 Å². The molecule has 0 spiro atoms. The zero-order valence-electron chi connectivity index (χ0n) is 17.6. The van der Waals surface area contributed by atoms with Crippen molar-refractivity contribution in [2.45, 2.75) is 6.42 Å². The van der Waals surface area contributed by atoms with E-state index in [2.05, 4.69) is 28.7 Å². The van der Waals surface area contributed by atoms with E-state index in [0.717, 1.165) is 13.0 Å². The van der Waals surface area contributed by atoms with Crippen LogP contribution in [-0.2, 0) is 7.05 Å². The molecule has 1 fully saturated rings. The second kappa shape index (κ2) is 9.59. The zero-order valence-corrected chi connectivity index (χ0v) is 17.6. The van der Waals surface area contributed by atoms with Crippen LogP contribution in [0.2, 0.25) is 0 Å². The summed E-state index contributed by atoms with van der Waals surface area (Å²) < 4.78 is 16.3. The van der Waals surface area contributed by atoms with Crippen molar-refractivity contribution in [2.24, 2.45) is 29.5 Å². The van der Waals surface area contributed by atoms with Gasteiger partial charge in [-0.3, -0.25) is 10.5 Å². The van der Waals surface area contributed by atoms with E-state index in [0.29, 0.717) is 46.0 Å². The molecule has 2 heterocycles. The third-order valence-electron chi connectivity index (χ3n) is 5.33. The number of nitrogens with zero attached hydrogens (tertiary/aromatic N) is 4. The maximum atomic E-state index is 14.7. The molecule has 31 heavy (non-hydrogen) atoms. The van der Waals surface area contributed by atoms with Gasteiger partial charge in [-0.15, -0.1) is 0 Å². The lowest BCUT2D eigenvalue weighted by molar-refractivity contribution is 0.232. The minimum absolute atomic E-state index is 0.127. The maximum absolute atomic E-state index is 14.7. The molecule has 6 N–H and O–H groups in total. The average molecular weight is 426 g/mol. The van der Waals surface area contributed by atoms with E-state index < -0.39 is 5.82 Å². The summed E-state index contributed by atoms with van der Waals surface area (Å²) in [7, 11) is 1.76. The number of benzene rings is 1. The van der Waals surface area contributed by atoms with E-state index in [4.69, 9.17) is 11.6 Å². The number of hydrazine groups is 1. The van der Waals surface area contributed by atoms with Crippen LogP contribution >= 0.6 is 0 Å². The molecule has 2 aromatic rings. The van der Waals surface area contributed by atoms with E-state index in [-0.39, 0.29) is 12.5 Å². The first-order valence-corrected chi connectivity index (χ1v) is 9.88. The molecule has 0 amide bonds. The van der Waals surface area contributed by atoms with Crippen molar-refractivity contribution < 1.29 is 9.50 Å². The molecular formula is C22H28FN7O. The van der Waals surface area contributed by atoms with Crippen LogP contribution in [-0.4, -0.2) is 45.3 Å². The maximum Gasteiger partial charge on any atom is 0.133 e. The van der Waals surface area contributed by atoms with Gasteiger partial charge in [-0.05, 0) is 24.1 Å². The van der Waals surface area contributed by atoms with Crippen molar-refractivity contribution in [3.63, 3.8) is 0 Å². The Balaban J connectivity index is 1.96. The Morgan fingerprint density at radius 1 is 1.48 bits per heavy atom. The Morgan fingerprint density at radius 2 is 2.26 bits per heavy atom. The Kier molecular flexibility index (Phi) is 6.88. The van der Waals surface area contributed by atoms with Gasteiger partial charge in [-0.1, -0.05) is 13.2 Å². The number of amidine groups is 1.